The molecule has 0 bridgehead atoms. The van der Waals surface area contributed by atoms with Crippen LogP contribution in [0.15, 0.2) is 48.7 Å². The maximum atomic E-state index is 11.7. The molecule has 0 unspecified atom stereocenters. The molecule has 2 nitrogen and oxygen atoms in total. The van der Waals surface area contributed by atoms with Gasteiger partial charge in [0.05, 0.1) is 0 Å². The van der Waals surface area contributed by atoms with Crippen molar-refractivity contribution in [3.05, 3.63) is 48.7 Å². The summed E-state index contributed by atoms with van der Waals surface area (Å²) < 4.78 is 0. The molecule has 1 aliphatic heterocycles. The van der Waals surface area contributed by atoms with Gasteiger partial charge in [-0.25, -0.2) is 0 Å². The number of hydrogen-bond acceptors (Lipinski definition) is 1. The van der Waals surface area contributed by atoms with Crippen molar-refractivity contribution in [2.75, 3.05) is 6.54 Å². The molecule has 0 aromatic rings. The van der Waals surface area contributed by atoms with Crippen molar-refractivity contribution >= 4 is 5.91 Å². The highest BCUT2D eigenvalue weighted by atomic mass is 16.2. The summed E-state index contributed by atoms with van der Waals surface area (Å²) >= 11 is 0. The first-order valence-electron chi connectivity index (χ1n) is 8.28. The summed E-state index contributed by atoms with van der Waals surface area (Å²) in [7, 11) is 0. The maximum absolute atomic E-state index is 11.7. The van der Waals surface area contributed by atoms with Crippen LogP contribution in [-0.2, 0) is 4.79 Å². The van der Waals surface area contributed by atoms with Crippen molar-refractivity contribution in [2.24, 2.45) is 0 Å². The Labute approximate surface area is 135 Å². The smallest absolute Gasteiger partial charge is 0.250 e. The van der Waals surface area contributed by atoms with Gasteiger partial charge in [-0.15, -0.1) is 0 Å². The van der Waals surface area contributed by atoms with Crippen molar-refractivity contribution in [1.82, 2.24) is 4.90 Å². The summed E-state index contributed by atoms with van der Waals surface area (Å²) in [5.74, 6) is 6.26. The topological polar surface area (TPSA) is 20.3 Å². The Morgan fingerprint density at radius 2 is 2.09 bits per heavy atom. The van der Waals surface area contributed by atoms with E-state index >= 15 is 0 Å². The van der Waals surface area contributed by atoms with Gasteiger partial charge in [0.2, 0.25) is 5.91 Å². The summed E-state index contributed by atoms with van der Waals surface area (Å²) in [5.41, 5.74) is 0. The zero-order valence-corrected chi connectivity index (χ0v) is 13.6. The second-order valence-electron chi connectivity index (χ2n) is 5.25. The van der Waals surface area contributed by atoms with E-state index in [1.807, 2.05) is 36.6 Å². The van der Waals surface area contributed by atoms with Crippen LogP contribution in [0.3, 0.4) is 0 Å². The molecule has 1 aliphatic rings. The average Bonchev–Trinajstić information content (AvgIpc) is 3.06. The number of amides is 1. The van der Waals surface area contributed by atoms with Crippen LogP contribution in [0.4, 0.5) is 0 Å². The van der Waals surface area contributed by atoms with Gasteiger partial charge in [-0.1, -0.05) is 62.0 Å². The van der Waals surface area contributed by atoms with E-state index in [4.69, 9.17) is 0 Å². The number of allylic oxidation sites excluding steroid dienone is 5. The fraction of sp³-hybridized carbons (Fsp3) is 0.450. The van der Waals surface area contributed by atoms with Gasteiger partial charge >= 0.3 is 0 Å². The highest BCUT2D eigenvalue weighted by molar-refractivity contribution is 5.88. The standard InChI is InChI=1S/C20H27NO/c1-2-3-4-5-6-7-8-9-10-11-12-13-14-17-20(22)21-18-15-16-19-21/h8-11,14-15,17-18H,2-5,12-13,16,19H2,1H3/b9-8+,11-10+,17-14+. The van der Waals surface area contributed by atoms with Crippen LogP contribution in [0.5, 0.6) is 0 Å². The summed E-state index contributed by atoms with van der Waals surface area (Å²) in [5, 5.41) is 0. The van der Waals surface area contributed by atoms with Gasteiger partial charge in [-0.3, -0.25) is 4.79 Å². The molecule has 1 amide bonds. The summed E-state index contributed by atoms with van der Waals surface area (Å²) in [4.78, 5) is 13.4. The third kappa shape index (κ3) is 9.02. The molecule has 0 aliphatic carbocycles. The Morgan fingerprint density at radius 3 is 2.86 bits per heavy atom. The van der Waals surface area contributed by atoms with Crippen LogP contribution < -0.4 is 0 Å². The van der Waals surface area contributed by atoms with E-state index in [9.17, 15) is 4.79 Å². The molecule has 1 heterocycles. The molecule has 0 spiro atoms. The number of carbonyl (C=O) groups excluding carboxylic acids is 1. The largest absolute Gasteiger partial charge is 0.316 e. The molecule has 1 rings (SSSR count). The van der Waals surface area contributed by atoms with Crippen LogP contribution >= 0.6 is 0 Å². The first kappa shape index (κ1) is 18.0. The van der Waals surface area contributed by atoms with E-state index in [2.05, 4.69) is 24.8 Å². The van der Waals surface area contributed by atoms with Gasteiger partial charge in [0.25, 0.3) is 0 Å². The van der Waals surface area contributed by atoms with Crippen LogP contribution in [-0.4, -0.2) is 17.4 Å². The minimum Gasteiger partial charge on any atom is -0.316 e. The van der Waals surface area contributed by atoms with E-state index < -0.39 is 0 Å². The first-order valence-corrected chi connectivity index (χ1v) is 8.28. The lowest BCUT2D eigenvalue weighted by Crippen LogP contribution is -2.21. The molecule has 118 valence electrons. The van der Waals surface area contributed by atoms with Gasteiger partial charge < -0.3 is 4.90 Å². The summed E-state index contributed by atoms with van der Waals surface area (Å²) in [6.45, 7) is 3.01. The monoisotopic (exact) mass is 297 g/mol. The van der Waals surface area contributed by atoms with Crippen molar-refractivity contribution in [1.29, 1.82) is 0 Å². The summed E-state index contributed by atoms with van der Waals surface area (Å²) in [6, 6.07) is 0. The van der Waals surface area contributed by atoms with E-state index in [-0.39, 0.29) is 5.91 Å². The highest BCUT2D eigenvalue weighted by Gasteiger charge is 2.09. The molecule has 0 aromatic heterocycles. The zero-order valence-electron chi connectivity index (χ0n) is 13.6. The Bertz CT molecular complexity index is 486. The zero-order chi connectivity index (χ0) is 15.9. The number of hydrogen-bond donors (Lipinski definition) is 0. The van der Waals surface area contributed by atoms with Crippen molar-refractivity contribution < 1.29 is 4.79 Å². The second kappa shape index (κ2) is 12.7. The van der Waals surface area contributed by atoms with E-state index in [1.54, 1.807) is 11.0 Å². The molecule has 0 atom stereocenters. The van der Waals surface area contributed by atoms with E-state index in [0.29, 0.717) is 0 Å². The van der Waals surface area contributed by atoms with Crippen LogP contribution in [0.1, 0.15) is 51.9 Å². The third-order valence-corrected chi connectivity index (χ3v) is 3.30. The molecule has 0 N–H and O–H groups in total. The molecular weight excluding hydrogens is 270 g/mol. The number of nitrogens with zero attached hydrogens (tertiary/aromatic N) is 1. The van der Waals surface area contributed by atoms with Crippen molar-refractivity contribution in [2.45, 2.75) is 51.9 Å². The Hall–Kier alpha value is -2.01. The van der Waals surface area contributed by atoms with E-state index in [1.165, 1.54) is 19.3 Å². The van der Waals surface area contributed by atoms with Gasteiger partial charge in [0.1, 0.15) is 0 Å². The number of carbonyl (C=O) groups is 1. The lowest BCUT2D eigenvalue weighted by atomic mass is 10.2. The normalized spacial score (nSPS) is 14.3. The van der Waals surface area contributed by atoms with E-state index in [0.717, 1.165) is 32.2 Å². The predicted octanol–water partition coefficient (Wildman–Crippen LogP) is 4.76. The molecule has 0 aromatic carbocycles. The number of rotatable bonds is 8. The van der Waals surface area contributed by atoms with Crippen molar-refractivity contribution in [3.8, 4) is 11.8 Å². The van der Waals surface area contributed by atoms with Crippen LogP contribution in [0.25, 0.3) is 0 Å². The van der Waals surface area contributed by atoms with Gasteiger partial charge in [0, 0.05) is 19.2 Å². The quantitative estimate of drug-likeness (QED) is 0.274. The van der Waals surface area contributed by atoms with Crippen LogP contribution in [0.2, 0.25) is 0 Å². The predicted molar refractivity (Wildman–Crippen MR) is 94.0 cm³/mol. The van der Waals surface area contributed by atoms with Gasteiger partial charge in [-0.05, 0) is 37.8 Å². The van der Waals surface area contributed by atoms with Gasteiger partial charge in [-0.2, -0.15) is 0 Å². The fourth-order valence-electron chi connectivity index (χ4n) is 2.02. The molecule has 2 heteroatoms. The second-order valence-corrected chi connectivity index (χ2v) is 5.25. The number of unbranched alkanes of at least 4 members (excludes halogenated alkanes) is 4. The Kier molecular flexibility index (Phi) is 10.4. The Balaban J connectivity index is 2.05. The van der Waals surface area contributed by atoms with Crippen molar-refractivity contribution in [3.63, 3.8) is 0 Å². The molecule has 0 saturated heterocycles. The molecule has 0 saturated carbocycles. The molecule has 0 radical (unpaired) electrons. The summed E-state index contributed by atoms with van der Waals surface area (Å²) in [6.07, 6.45) is 23.0. The average molecular weight is 297 g/mol. The molecule has 0 fully saturated rings. The SMILES string of the molecule is CCCCCC#C/C=C/C=C/CC/C=C/C(=O)N1C=CCC1. The van der Waals surface area contributed by atoms with Gasteiger partial charge in [0.15, 0.2) is 0 Å². The Morgan fingerprint density at radius 1 is 1.23 bits per heavy atom. The third-order valence-electron chi connectivity index (χ3n) is 3.30. The maximum Gasteiger partial charge on any atom is 0.250 e. The highest BCUT2D eigenvalue weighted by Crippen LogP contribution is 2.05. The first-order chi connectivity index (χ1) is 10.8. The minimum absolute atomic E-state index is 0.0796. The minimum atomic E-state index is 0.0796. The van der Waals surface area contributed by atoms with Crippen LogP contribution in [0, 0.1) is 11.8 Å². The molecular formula is C20H27NO. The molecule has 22 heavy (non-hydrogen) atoms. The lowest BCUT2D eigenvalue weighted by molar-refractivity contribution is -0.123. The lowest BCUT2D eigenvalue weighted by Gasteiger charge is -2.09. The fourth-order valence-corrected chi connectivity index (χ4v) is 2.02.